The molecule has 0 saturated carbocycles. The van der Waals surface area contributed by atoms with E-state index in [4.69, 9.17) is 15.2 Å². The number of nitrogens with two attached hydrogens (primary N) is 1. The summed E-state index contributed by atoms with van der Waals surface area (Å²) in [6, 6.07) is 6.26. The van der Waals surface area contributed by atoms with Crippen molar-refractivity contribution in [2.45, 2.75) is 19.4 Å². The number of hydrogen-bond acceptors (Lipinski definition) is 4. The van der Waals surface area contributed by atoms with Gasteiger partial charge < -0.3 is 20.1 Å². The van der Waals surface area contributed by atoms with E-state index in [9.17, 15) is 0 Å². The summed E-state index contributed by atoms with van der Waals surface area (Å²) in [5.74, 6) is 0. The molecule has 0 spiro atoms. The monoisotopic (exact) mass is 344 g/mol. The van der Waals surface area contributed by atoms with Crippen molar-refractivity contribution in [2.24, 2.45) is 5.73 Å². The Morgan fingerprint density at radius 2 is 1.90 bits per heavy atom. The van der Waals surface area contributed by atoms with Crippen molar-refractivity contribution in [1.29, 1.82) is 0 Å². The van der Waals surface area contributed by atoms with Crippen molar-refractivity contribution in [3.8, 4) is 0 Å². The van der Waals surface area contributed by atoms with Gasteiger partial charge in [-0.2, -0.15) is 0 Å². The molecule has 4 nitrogen and oxygen atoms in total. The van der Waals surface area contributed by atoms with Gasteiger partial charge in [0, 0.05) is 50.1 Å². The topological polar surface area (TPSA) is 47.7 Å². The second-order valence-corrected chi connectivity index (χ2v) is 5.73. The van der Waals surface area contributed by atoms with E-state index in [0.29, 0.717) is 6.61 Å². The number of nitrogens with zero attached hydrogens (tertiary/aromatic N) is 1. The maximum Gasteiger partial charge on any atom is 0.0637 e. The first-order valence-electron chi connectivity index (χ1n) is 6.88. The predicted molar refractivity (Wildman–Crippen MR) is 87.3 cm³/mol. The molecule has 1 aromatic carbocycles. The molecular formula is C15H25BrN2O2. The van der Waals surface area contributed by atoms with Crippen LogP contribution in [0.5, 0.6) is 0 Å². The number of benzene rings is 1. The third-order valence-electron chi connectivity index (χ3n) is 3.16. The highest BCUT2D eigenvalue weighted by Crippen LogP contribution is 2.28. The third kappa shape index (κ3) is 5.40. The zero-order chi connectivity index (χ0) is 15.0. The maximum absolute atomic E-state index is 6.10. The average Bonchev–Trinajstić information content (AvgIpc) is 2.43. The Hall–Kier alpha value is -0.620. The summed E-state index contributed by atoms with van der Waals surface area (Å²) in [6.07, 6.45) is 0.981. The zero-order valence-corrected chi connectivity index (χ0v) is 14.1. The summed E-state index contributed by atoms with van der Waals surface area (Å²) >= 11 is 3.51. The fourth-order valence-corrected chi connectivity index (χ4v) is 2.51. The first-order chi connectivity index (χ1) is 9.60. The number of halogens is 1. The lowest BCUT2D eigenvalue weighted by molar-refractivity contribution is 0.191. The molecule has 2 N–H and O–H groups in total. The molecule has 0 aromatic heterocycles. The number of rotatable bonds is 9. The van der Waals surface area contributed by atoms with E-state index >= 15 is 0 Å². The fourth-order valence-electron chi connectivity index (χ4n) is 2.13. The summed E-state index contributed by atoms with van der Waals surface area (Å²) in [5, 5.41) is 0. The van der Waals surface area contributed by atoms with Gasteiger partial charge in [-0.3, -0.25) is 0 Å². The van der Waals surface area contributed by atoms with Crippen molar-refractivity contribution in [2.75, 3.05) is 45.4 Å². The number of anilines is 1. The number of hydrogen-bond donors (Lipinski definition) is 1. The standard InChI is InChI=1S/C15H25BrN2O2/c1-12(17)14-11-13(16)5-6-15(14)18(8-10-20-3)7-4-9-19-2/h5-6,11-12H,4,7-10,17H2,1-3H3. The lowest BCUT2D eigenvalue weighted by atomic mass is 10.1. The summed E-state index contributed by atoms with van der Waals surface area (Å²) < 4.78 is 11.4. The van der Waals surface area contributed by atoms with E-state index in [-0.39, 0.29) is 6.04 Å². The minimum Gasteiger partial charge on any atom is -0.385 e. The fraction of sp³-hybridized carbons (Fsp3) is 0.600. The molecule has 0 radical (unpaired) electrons. The van der Waals surface area contributed by atoms with Gasteiger partial charge in [0.1, 0.15) is 0 Å². The highest BCUT2D eigenvalue weighted by atomic mass is 79.9. The molecule has 0 fully saturated rings. The van der Waals surface area contributed by atoms with Crippen LogP contribution in [0.25, 0.3) is 0 Å². The van der Waals surface area contributed by atoms with Crippen molar-refractivity contribution in [1.82, 2.24) is 0 Å². The highest BCUT2D eigenvalue weighted by Gasteiger charge is 2.14. The largest absolute Gasteiger partial charge is 0.385 e. The van der Waals surface area contributed by atoms with E-state index in [1.54, 1.807) is 14.2 Å². The molecular weight excluding hydrogens is 320 g/mol. The average molecular weight is 345 g/mol. The Kier molecular flexibility index (Phi) is 8.14. The van der Waals surface area contributed by atoms with Crippen LogP contribution in [-0.4, -0.2) is 40.5 Å². The van der Waals surface area contributed by atoms with Crippen LogP contribution < -0.4 is 10.6 Å². The van der Waals surface area contributed by atoms with E-state index in [1.807, 2.05) is 6.92 Å². The number of methoxy groups -OCH3 is 2. The van der Waals surface area contributed by atoms with Gasteiger partial charge in [-0.25, -0.2) is 0 Å². The van der Waals surface area contributed by atoms with Crippen molar-refractivity contribution < 1.29 is 9.47 Å². The minimum absolute atomic E-state index is 0.00466. The number of ether oxygens (including phenoxy) is 2. The van der Waals surface area contributed by atoms with E-state index < -0.39 is 0 Å². The van der Waals surface area contributed by atoms with E-state index in [0.717, 1.165) is 36.2 Å². The molecule has 1 rings (SSSR count). The van der Waals surface area contributed by atoms with E-state index in [1.165, 1.54) is 5.69 Å². The Balaban J connectivity index is 2.92. The van der Waals surface area contributed by atoms with Crippen LogP contribution in [-0.2, 0) is 9.47 Å². The molecule has 0 aliphatic carbocycles. The van der Waals surface area contributed by atoms with Gasteiger partial charge in [-0.1, -0.05) is 15.9 Å². The highest BCUT2D eigenvalue weighted by molar-refractivity contribution is 9.10. The second-order valence-electron chi connectivity index (χ2n) is 4.82. The third-order valence-corrected chi connectivity index (χ3v) is 3.66. The second kappa shape index (κ2) is 9.34. The molecule has 0 heterocycles. The molecule has 0 aliphatic rings. The van der Waals surface area contributed by atoms with Gasteiger partial charge in [0.2, 0.25) is 0 Å². The molecule has 1 aromatic rings. The zero-order valence-electron chi connectivity index (χ0n) is 12.6. The Morgan fingerprint density at radius 1 is 1.20 bits per heavy atom. The Morgan fingerprint density at radius 3 is 2.50 bits per heavy atom. The van der Waals surface area contributed by atoms with Gasteiger partial charge in [-0.15, -0.1) is 0 Å². The smallest absolute Gasteiger partial charge is 0.0637 e. The van der Waals surface area contributed by atoms with Crippen LogP contribution in [0.15, 0.2) is 22.7 Å². The molecule has 5 heteroatoms. The van der Waals surface area contributed by atoms with Gasteiger partial charge >= 0.3 is 0 Å². The van der Waals surface area contributed by atoms with Crippen LogP contribution >= 0.6 is 15.9 Å². The summed E-state index contributed by atoms with van der Waals surface area (Å²) in [4.78, 5) is 2.31. The summed E-state index contributed by atoms with van der Waals surface area (Å²) in [6.45, 7) is 5.24. The van der Waals surface area contributed by atoms with Crippen molar-refractivity contribution in [3.63, 3.8) is 0 Å². The lowest BCUT2D eigenvalue weighted by Crippen LogP contribution is -2.30. The van der Waals surface area contributed by atoms with Crippen LogP contribution in [0.3, 0.4) is 0 Å². The van der Waals surface area contributed by atoms with Gasteiger partial charge in [0.25, 0.3) is 0 Å². The molecule has 1 unspecified atom stereocenters. The Bertz CT molecular complexity index is 399. The quantitative estimate of drug-likeness (QED) is 0.699. The van der Waals surface area contributed by atoms with Crippen LogP contribution in [0, 0.1) is 0 Å². The SMILES string of the molecule is COCCCN(CCOC)c1ccc(Br)cc1C(C)N. The Labute approximate surface area is 130 Å². The minimum atomic E-state index is -0.00466. The van der Waals surface area contributed by atoms with Crippen LogP contribution in [0.2, 0.25) is 0 Å². The molecule has 0 aliphatic heterocycles. The van der Waals surface area contributed by atoms with Crippen LogP contribution in [0.1, 0.15) is 24.9 Å². The molecule has 1 atom stereocenters. The molecule has 114 valence electrons. The molecule has 0 amide bonds. The van der Waals surface area contributed by atoms with Crippen molar-refractivity contribution in [3.05, 3.63) is 28.2 Å². The molecule has 20 heavy (non-hydrogen) atoms. The lowest BCUT2D eigenvalue weighted by Gasteiger charge is -2.28. The molecule has 0 saturated heterocycles. The van der Waals surface area contributed by atoms with Gasteiger partial charge in [-0.05, 0) is 37.1 Å². The van der Waals surface area contributed by atoms with E-state index in [2.05, 4.69) is 39.0 Å². The first kappa shape index (κ1) is 17.4. The van der Waals surface area contributed by atoms with Crippen LogP contribution in [0.4, 0.5) is 5.69 Å². The predicted octanol–water partition coefficient (Wildman–Crippen LogP) is 2.96. The first-order valence-corrected chi connectivity index (χ1v) is 7.67. The maximum atomic E-state index is 6.10. The normalized spacial score (nSPS) is 12.4. The van der Waals surface area contributed by atoms with Crippen molar-refractivity contribution >= 4 is 21.6 Å². The summed E-state index contributed by atoms with van der Waals surface area (Å²) in [7, 11) is 3.45. The van der Waals surface area contributed by atoms with Gasteiger partial charge in [0.15, 0.2) is 0 Å². The van der Waals surface area contributed by atoms with Gasteiger partial charge in [0.05, 0.1) is 6.61 Å². The summed E-state index contributed by atoms with van der Waals surface area (Å²) in [5.41, 5.74) is 8.42. The molecule has 0 bridgehead atoms.